The number of sulfonamides is 1. The van der Waals surface area contributed by atoms with Crippen molar-refractivity contribution in [3.63, 3.8) is 0 Å². The Morgan fingerprint density at radius 3 is 2.46 bits per heavy atom. The molecule has 37 heavy (non-hydrogen) atoms. The molecule has 196 valence electrons. The smallest absolute Gasteiger partial charge is 0.351 e. The highest BCUT2D eigenvalue weighted by Crippen LogP contribution is 2.36. The second-order valence-corrected chi connectivity index (χ2v) is 10.2. The molecule has 1 aliphatic heterocycles. The third-order valence-electron chi connectivity index (χ3n) is 5.68. The van der Waals surface area contributed by atoms with E-state index in [1.54, 1.807) is 6.07 Å². The maximum absolute atomic E-state index is 13.7. The predicted octanol–water partition coefficient (Wildman–Crippen LogP) is 3.39. The quantitative estimate of drug-likeness (QED) is 0.470. The van der Waals surface area contributed by atoms with E-state index in [2.05, 4.69) is 25.3 Å². The molecule has 4 heterocycles. The minimum absolute atomic E-state index is 0.122. The average Bonchev–Trinajstić information content (AvgIpc) is 3.33. The average molecular weight is 542 g/mol. The Kier molecular flexibility index (Phi) is 7.11. The number of piperidine rings is 1. The summed E-state index contributed by atoms with van der Waals surface area (Å²) in [6, 6.07) is 3.77. The molecule has 0 amide bonds. The van der Waals surface area contributed by atoms with Gasteiger partial charge in [0.25, 0.3) is 6.43 Å². The fourth-order valence-electron chi connectivity index (χ4n) is 3.85. The molecule has 1 N–H and O–H groups in total. The zero-order chi connectivity index (χ0) is 27.0. The van der Waals surface area contributed by atoms with E-state index >= 15 is 0 Å². The zero-order valence-corrected chi connectivity index (χ0v) is 19.9. The highest BCUT2D eigenvalue weighted by atomic mass is 32.2. The number of nitrogens with one attached hydrogen (secondary N) is 1. The molecule has 16 heteroatoms. The summed E-state index contributed by atoms with van der Waals surface area (Å²) >= 11 is 0. The van der Waals surface area contributed by atoms with Gasteiger partial charge in [-0.15, -0.1) is 0 Å². The van der Waals surface area contributed by atoms with E-state index in [-0.39, 0.29) is 42.2 Å². The molecule has 3 aromatic rings. The van der Waals surface area contributed by atoms with Crippen molar-refractivity contribution in [2.24, 2.45) is 0 Å². The molecule has 3 aromatic heterocycles. The summed E-state index contributed by atoms with van der Waals surface area (Å²) in [4.78, 5) is 15.3. The van der Waals surface area contributed by atoms with Crippen LogP contribution in [0.15, 0.2) is 30.9 Å². The minimum Gasteiger partial charge on any atom is -0.351 e. The lowest BCUT2D eigenvalue weighted by Crippen LogP contribution is -2.42. The minimum atomic E-state index is -4.83. The Balaban J connectivity index is 1.66. The fourth-order valence-corrected chi connectivity index (χ4v) is 4.73. The molecule has 0 spiro atoms. The van der Waals surface area contributed by atoms with Crippen molar-refractivity contribution in [2.75, 3.05) is 24.7 Å². The lowest BCUT2D eigenvalue weighted by molar-refractivity contribution is -0.137. The lowest BCUT2D eigenvalue weighted by Gasteiger charge is -2.30. The second-order valence-electron chi connectivity index (χ2n) is 8.21. The number of nitrogens with zero attached hydrogens (tertiary/aromatic N) is 7. The number of hydrogen-bond acceptors (Lipinski definition) is 8. The van der Waals surface area contributed by atoms with Crippen LogP contribution in [0.2, 0.25) is 0 Å². The van der Waals surface area contributed by atoms with Crippen LogP contribution in [0.1, 0.15) is 36.2 Å². The molecule has 0 unspecified atom stereocenters. The van der Waals surface area contributed by atoms with Gasteiger partial charge in [-0.25, -0.2) is 41.4 Å². The Hall–Kier alpha value is -3.71. The third-order valence-corrected chi connectivity index (χ3v) is 6.98. The van der Waals surface area contributed by atoms with E-state index < -0.39 is 39.6 Å². The zero-order valence-electron chi connectivity index (χ0n) is 19.1. The number of anilines is 1. The monoisotopic (exact) mass is 542 g/mol. The van der Waals surface area contributed by atoms with Crippen molar-refractivity contribution in [1.29, 1.82) is 5.26 Å². The van der Waals surface area contributed by atoms with Crippen molar-refractivity contribution in [3.8, 4) is 23.1 Å². The number of rotatable bonds is 6. The van der Waals surface area contributed by atoms with Crippen LogP contribution >= 0.6 is 0 Å². The van der Waals surface area contributed by atoms with Crippen LogP contribution in [-0.4, -0.2) is 62.6 Å². The van der Waals surface area contributed by atoms with Gasteiger partial charge in [0.1, 0.15) is 40.7 Å². The van der Waals surface area contributed by atoms with Crippen molar-refractivity contribution >= 4 is 16.0 Å². The van der Waals surface area contributed by atoms with Crippen LogP contribution in [0.3, 0.4) is 0 Å². The third kappa shape index (κ3) is 5.83. The van der Waals surface area contributed by atoms with E-state index in [1.807, 2.05) is 0 Å². The molecule has 0 radical (unpaired) electrons. The summed E-state index contributed by atoms with van der Waals surface area (Å²) in [6.45, 7) is 0.471. The number of hydrogen-bond donors (Lipinski definition) is 1. The van der Waals surface area contributed by atoms with Crippen LogP contribution in [-0.2, 0) is 16.2 Å². The van der Waals surface area contributed by atoms with Gasteiger partial charge in [0.2, 0.25) is 16.0 Å². The van der Waals surface area contributed by atoms with Crippen molar-refractivity contribution < 1.29 is 30.4 Å². The maximum atomic E-state index is 13.7. The van der Waals surface area contributed by atoms with Crippen LogP contribution in [0, 0.1) is 11.3 Å². The van der Waals surface area contributed by atoms with Crippen LogP contribution < -0.4 is 5.32 Å². The number of halogens is 5. The molecular formula is C21H19F5N8O2S. The van der Waals surface area contributed by atoms with Crippen molar-refractivity contribution in [2.45, 2.75) is 31.5 Å². The van der Waals surface area contributed by atoms with Gasteiger partial charge in [-0.1, -0.05) is 0 Å². The molecule has 1 fully saturated rings. The molecule has 0 saturated carbocycles. The van der Waals surface area contributed by atoms with E-state index in [0.29, 0.717) is 19.0 Å². The number of imidazole rings is 1. The van der Waals surface area contributed by atoms with Gasteiger partial charge in [0.15, 0.2) is 0 Å². The van der Waals surface area contributed by atoms with E-state index in [1.165, 1.54) is 16.4 Å². The standard InChI is InChI=1S/C21H19F5N8O2S/c1-37(35,36)34-6-4-12(5-7-34)31-20-28-9-14(21(24,25)26)17(32-20)15-10-33(11-29-15)16-3-2-13(8-27)30-18(16)19(22)23/h2-3,9-12,19H,4-7H2,1H3,(H,28,31,32). The Morgan fingerprint density at radius 1 is 1.16 bits per heavy atom. The molecule has 0 bridgehead atoms. The van der Waals surface area contributed by atoms with Crippen LogP contribution in [0.25, 0.3) is 17.1 Å². The number of aromatic nitrogens is 5. The predicted molar refractivity (Wildman–Crippen MR) is 120 cm³/mol. The second kappa shape index (κ2) is 9.98. The largest absolute Gasteiger partial charge is 0.420 e. The van der Waals surface area contributed by atoms with Crippen LogP contribution in [0.4, 0.5) is 27.9 Å². The number of alkyl halides is 5. The molecule has 0 aliphatic carbocycles. The maximum Gasteiger partial charge on any atom is 0.420 e. The van der Waals surface area contributed by atoms with Crippen molar-refractivity contribution in [1.82, 2.24) is 28.8 Å². The molecule has 1 aliphatic rings. The summed E-state index contributed by atoms with van der Waals surface area (Å²) in [5, 5.41) is 11.9. The van der Waals surface area contributed by atoms with Gasteiger partial charge in [-0.2, -0.15) is 18.4 Å². The Bertz CT molecular complexity index is 1440. The lowest BCUT2D eigenvalue weighted by atomic mass is 10.1. The van der Waals surface area contributed by atoms with Gasteiger partial charge in [-0.05, 0) is 25.0 Å². The van der Waals surface area contributed by atoms with Crippen molar-refractivity contribution in [3.05, 3.63) is 47.8 Å². The molecule has 4 rings (SSSR count). The highest BCUT2D eigenvalue weighted by molar-refractivity contribution is 7.88. The van der Waals surface area contributed by atoms with Gasteiger partial charge in [0.05, 0.1) is 11.9 Å². The van der Waals surface area contributed by atoms with Gasteiger partial charge < -0.3 is 9.88 Å². The molecule has 0 atom stereocenters. The molecule has 10 nitrogen and oxygen atoms in total. The first-order valence-corrected chi connectivity index (χ1v) is 12.6. The number of pyridine rings is 1. The highest BCUT2D eigenvalue weighted by Gasteiger charge is 2.36. The van der Waals surface area contributed by atoms with Gasteiger partial charge in [0, 0.05) is 31.5 Å². The first-order valence-electron chi connectivity index (χ1n) is 10.8. The summed E-state index contributed by atoms with van der Waals surface area (Å²) in [7, 11) is -3.35. The first-order chi connectivity index (χ1) is 17.4. The van der Waals surface area contributed by atoms with Crippen LogP contribution in [0.5, 0.6) is 0 Å². The molecule has 0 aromatic carbocycles. The Morgan fingerprint density at radius 2 is 1.86 bits per heavy atom. The molecule has 1 saturated heterocycles. The topological polar surface area (TPSA) is 130 Å². The Labute approximate surface area is 207 Å². The van der Waals surface area contributed by atoms with E-state index in [4.69, 9.17) is 5.26 Å². The van der Waals surface area contributed by atoms with Gasteiger partial charge in [-0.3, -0.25) is 0 Å². The summed E-state index contributed by atoms with van der Waals surface area (Å²) < 4.78 is 94.0. The molecular weight excluding hydrogens is 523 g/mol. The van der Waals surface area contributed by atoms with E-state index in [9.17, 15) is 30.4 Å². The normalized spacial score (nSPS) is 15.6. The number of nitriles is 1. The summed E-state index contributed by atoms with van der Waals surface area (Å²) in [5.41, 5.74) is -3.14. The van der Waals surface area contributed by atoms with E-state index in [0.717, 1.165) is 23.3 Å². The summed E-state index contributed by atoms with van der Waals surface area (Å²) in [6.07, 6.45) is -3.26. The summed E-state index contributed by atoms with van der Waals surface area (Å²) in [5.74, 6) is -0.122. The first kappa shape index (κ1) is 26.4. The fraction of sp³-hybridized carbons (Fsp3) is 0.381. The van der Waals surface area contributed by atoms with Gasteiger partial charge >= 0.3 is 6.18 Å². The SMILES string of the molecule is CS(=O)(=O)N1CCC(Nc2ncc(C(F)(F)F)c(-c3cn(-c4ccc(C#N)nc4C(F)F)cn3)n2)CC1.